The molecular weight excluding hydrogens is 446 g/mol. The number of benzene rings is 3. The molecule has 3 aromatic rings. The van der Waals surface area contributed by atoms with Gasteiger partial charge < -0.3 is 14.8 Å². The van der Waals surface area contributed by atoms with Crippen LogP contribution < -0.4 is 20.2 Å². The molecular formula is C24H20ClN3O5. The van der Waals surface area contributed by atoms with Gasteiger partial charge in [-0.15, -0.1) is 0 Å². The number of nitrogens with one attached hydrogen (secondary N) is 2. The van der Waals surface area contributed by atoms with Gasteiger partial charge in [0.1, 0.15) is 11.5 Å². The number of amides is 2. The van der Waals surface area contributed by atoms with E-state index in [1.807, 2.05) is 0 Å². The summed E-state index contributed by atoms with van der Waals surface area (Å²) in [4.78, 5) is 36.2. The maximum Gasteiger partial charge on any atom is 0.343 e. The van der Waals surface area contributed by atoms with E-state index in [2.05, 4.69) is 15.8 Å². The Kier molecular flexibility index (Phi) is 7.77. The van der Waals surface area contributed by atoms with E-state index in [1.54, 1.807) is 73.7 Å². The number of hydrazone groups is 1. The molecule has 9 heteroatoms. The molecule has 0 saturated carbocycles. The average molecular weight is 466 g/mol. The van der Waals surface area contributed by atoms with Crippen LogP contribution in [0, 0.1) is 6.92 Å². The molecule has 33 heavy (non-hydrogen) atoms. The third-order valence-corrected chi connectivity index (χ3v) is 4.91. The van der Waals surface area contributed by atoms with Crippen molar-refractivity contribution in [2.45, 2.75) is 6.92 Å². The molecule has 0 spiro atoms. The van der Waals surface area contributed by atoms with E-state index in [1.165, 1.54) is 13.3 Å². The van der Waals surface area contributed by atoms with Gasteiger partial charge in [0.25, 0.3) is 0 Å². The smallest absolute Gasteiger partial charge is 0.343 e. The van der Waals surface area contributed by atoms with Crippen LogP contribution in [0.4, 0.5) is 5.69 Å². The molecule has 0 unspecified atom stereocenters. The van der Waals surface area contributed by atoms with Gasteiger partial charge >= 0.3 is 17.8 Å². The molecule has 3 rings (SSSR count). The first kappa shape index (κ1) is 23.5. The van der Waals surface area contributed by atoms with E-state index in [-0.39, 0.29) is 0 Å². The molecule has 0 aliphatic heterocycles. The molecule has 2 amide bonds. The Balaban J connectivity index is 1.53. The molecule has 0 fully saturated rings. The number of carbonyl (C=O) groups is 3. The fourth-order valence-corrected chi connectivity index (χ4v) is 2.85. The Hall–Kier alpha value is -4.17. The number of hydrogen-bond acceptors (Lipinski definition) is 6. The van der Waals surface area contributed by atoms with E-state index in [9.17, 15) is 14.4 Å². The van der Waals surface area contributed by atoms with Gasteiger partial charge in [-0.2, -0.15) is 5.10 Å². The van der Waals surface area contributed by atoms with Gasteiger partial charge in [0, 0.05) is 10.7 Å². The molecule has 0 radical (unpaired) electrons. The highest BCUT2D eigenvalue weighted by molar-refractivity contribution is 6.40. The summed E-state index contributed by atoms with van der Waals surface area (Å²) >= 11 is 6.00. The SMILES string of the molecule is COc1cccc(C(=O)Oc2ccc(/C=N/NC(=O)C(=O)Nc3cccc(Cl)c3C)cc2)c1. The van der Waals surface area contributed by atoms with Crippen LogP contribution in [-0.2, 0) is 9.59 Å². The second kappa shape index (κ2) is 10.9. The van der Waals surface area contributed by atoms with Crippen LogP contribution >= 0.6 is 11.6 Å². The van der Waals surface area contributed by atoms with E-state index in [4.69, 9.17) is 21.1 Å². The number of ether oxygens (including phenoxy) is 2. The molecule has 0 heterocycles. The van der Waals surface area contributed by atoms with Crippen molar-refractivity contribution in [1.82, 2.24) is 5.43 Å². The van der Waals surface area contributed by atoms with E-state index in [0.717, 1.165) is 0 Å². The molecule has 168 valence electrons. The minimum atomic E-state index is -0.936. The second-order valence-corrected chi connectivity index (χ2v) is 7.16. The van der Waals surface area contributed by atoms with Crippen molar-refractivity contribution in [2.24, 2.45) is 5.10 Å². The number of methoxy groups -OCH3 is 1. The lowest BCUT2D eigenvalue weighted by Gasteiger charge is -2.08. The number of esters is 1. The molecule has 0 aromatic heterocycles. The molecule has 0 saturated heterocycles. The number of rotatable bonds is 6. The fraction of sp³-hybridized carbons (Fsp3) is 0.0833. The highest BCUT2D eigenvalue weighted by Crippen LogP contribution is 2.22. The molecule has 0 aliphatic carbocycles. The topological polar surface area (TPSA) is 106 Å². The zero-order chi connectivity index (χ0) is 23.8. The van der Waals surface area contributed by atoms with E-state index >= 15 is 0 Å². The van der Waals surface area contributed by atoms with Gasteiger partial charge in [-0.05, 0) is 72.6 Å². The first-order valence-electron chi connectivity index (χ1n) is 9.73. The summed E-state index contributed by atoms with van der Waals surface area (Å²) in [5.74, 6) is -1.45. The van der Waals surface area contributed by atoms with Crippen LogP contribution in [0.3, 0.4) is 0 Å². The third-order valence-electron chi connectivity index (χ3n) is 4.50. The lowest BCUT2D eigenvalue weighted by Crippen LogP contribution is -2.32. The summed E-state index contributed by atoms with van der Waals surface area (Å²) in [5.41, 5.74) is 4.21. The highest BCUT2D eigenvalue weighted by Gasteiger charge is 2.14. The normalized spacial score (nSPS) is 10.5. The molecule has 0 atom stereocenters. The molecule has 0 aliphatic rings. The van der Waals surface area contributed by atoms with Gasteiger partial charge in [-0.25, -0.2) is 10.2 Å². The standard InChI is InChI=1S/C24H20ClN3O5/c1-15-20(25)7-4-8-21(15)27-22(29)23(30)28-26-14-16-9-11-18(12-10-16)33-24(31)17-5-3-6-19(13-17)32-2/h3-14H,1-2H3,(H,27,29)(H,28,30)/b26-14+. The number of nitrogens with zero attached hydrogens (tertiary/aromatic N) is 1. The third kappa shape index (κ3) is 6.41. The number of hydrogen-bond donors (Lipinski definition) is 2. The molecule has 3 aromatic carbocycles. The minimum absolute atomic E-state index is 0.334. The van der Waals surface area contributed by atoms with Crippen molar-refractivity contribution in [2.75, 3.05) is 12.4 Å². The van der Waals surface area contributed by atoms with Crippen LogP contribution in [0.15, 0.2) is 71.8 Å². The van der Waals surface area contributed by atoms with Crippen LogP contribution in [0.1, 0.15) is 21.5 Å². The Morgan fingerprint density at radius 1 is 0.939 bits per heavy atom. The summed E-state index contributed by atoms with van der Waals surface area (Å²) in [6.07, 6.45) is 1.35. The van der Waals surface area contributed by atoms with Gasteiger partial charge in [-0.3, -0.25) is 9.59 Å². The van der Waals surface area contributed by atoms with Crippen molar-refractivity contribution >= 4 is 41.3 Å². The first-order valence-corrected chi connectivity index (χ1v) is 10.1. The van der Waals surface area contributed by atoms with Crippen LogP contribution in [0.25, 0.3) is 0 Å². The van der Waals surface area contributed by atoms with Crippen LogP contribution in [0.5, 0.6) is 11.5 Å². The highest BCUT2D eigenvalue weighted by atomic mass is 35.5. The molecule has 0 bridgehead atoms. The maximum absolute atomic E-state index is 12.3. The van der Waals surface area contributed by atoms with Crippen molar-refractivity contribution in [3.8, 4) is 11.5 Å². The molecule has 2 N–H and O–H groups in total. The number of carbonyl (C=O) groups excluding carboxylic acids is 3. The van der Waals surface area contributed by atoms with E-state index in [0.29, 0.717) is 38.9 Å². The number of halogens is 1. The fourth-order valence-electron chi connectivity index (χ4n) is 2.68. The van der Waals surface area contributed by atoms with Crippen molar-refractivity contribution in [3.63, 3.8) is 0 Å². The van der Waals surface area contributed by atoms with E-state index < -0.39 is 17.8 Å². The second-order valence-electron chi connectivity index (χ2n) is 6.76. The van der Waals surface area contributed by atoms with Gasteiger partial charge in [0.15, 0.2) is 0 Å². The summed E-state index contributed by atoms with van der Waals surface area (Å²) in [6, 6.07) is 18.0. The Morgan fingerprint density at radius 2 is 1.67 bits per heavy atom. The predicted octanol–water partition coefficient (Wildman–Crippen LogP) is 3.97. The lowest BCUT2D eigenvalue weighted by atomic mass is 10.2. The first-order chi connectivity index (χ1) is 15.9. The van der Waals surface area contributed by atoms with Crippen molar-refractivity contribution < 1.29 is 23.9 Å². The lowest BCUT2D eigenvalue weighted by molar-refractivity contribution is -0.136. The van der Waals surface area contributed by atoms with Crippen molar-refractivity contribution in [1.29, 1.82) is 0 Å². The number of anilines is 1. The Labute approximate surface area is 195 Å². The van der Waals surface area contributed by atoms with Crippen molar-refractivity contribution in [3.05, 3.63) is 88.4 Å². The van der Waals surface area contributed by atoms with Gasteiger partial charge in [0.05, 0.1) is 18.9 Å². The summed E-state index contributed by atoms with van der Waals surface area (Å²) in [7, 11) is 1.51. The van der Waals surface area contributed by atoms with Crippen LogP contribution in [-0.4, -0.2) is 31.1 Å². The summed E-state index contributed by atoms with van der Waals surface area (Å²) in [5, 5.41) is 6.72. The zero-order valence-corrected chi connectivity index (χ0v) is 18.6. The quantitative estimate of drug-likeness (QED) is 0.188. The zero-order valence-electron chi connectivity index (χ0n) is 17.8. The molecule has 8 nitrogen and oxygen atoms in total. The minimum Gasteiger partial charge on any atom is -0.497 e. The maximum atomic E-state index is 12.3. The Bertz CT molecular complexity index is 1210. The van der Waals surface area contributed by atoms with Gasteiger partial charge in [0.2, 0.25) is 0 Å². The summed E-state index contributed by atoms with van der Waals surface area (Å²) < 4.78 is 10.4. The monoisotopic (exact) mass is 465 g/mol. The predicted molar refractivity (Wildman–Crippen MR) is 125 cm³/mol. The largest absolute Gasteiger partial charge is 0.497 e. The summed E-state index contributed by atoms with van der Waals surface area (Å²) in [6.45, 7) is 1.73. The Morgan fingerprint density at radius 3 is 2.39 bits per heavy atom. The van der Waals surface area contributed by atoms with Crippen LogP contribution in [0.2, 0.25) is 5.02 Å². The van der Waals surface area contributed by atoms with Gasteiger partial charge in [-0.1, -0.05) is 23.7 Å². The average Bonchev–Trinajstić information content (AvgIpc) is 2.83.